The molecule has 170 valence electrons. The average Bonchev–Trinajstić information content (AvgIpc) is 3.22. The largest absolute Gasteiger partial charge is 0.493 e. The minimum atomic E-state index is -0.587. The summed E-state index contributed by atoms with van der Waals surface area (Å²) in [5, 5.41) is 10.5. The smallest absolute Gasteiger partial charge is 0.257 e. The van der Waals surface area contributed by atoms with Crippen LogP contribution in [0.5, 0.6) is 11.5 Å². The number of allylic oxidation sites excluding steroid dienone is 1. The summed E-state index contributed by atoms with van der Waals surface area (Å²) in [6, 6.07) is 16.2. The number of benzene rings is 2. The number of aromatic nitrogens is 1. The molecule has 9 heteroatoms. The molecule has 1 aliphatic heterocycles. The van der Waals surface area contributed by atoms with E-state index in [0.29, 0.717) is 45.0 Å². The third kappa shape index (κ3) is 4.27. The van der Waals surface area contributed by atoms with Crippen molar-refractivity contribution in [2.75, 3.05) is 24.4 Å². The monoisotopic (exact) mass is 464 g/mol. The Bertz CT molecular complexity index is 1220. The fraction of sp³-hybridized carbons (Fsp3) is 0.208. The summed E-state index contributed by atoms with van der Waals surface area (Å²) in [5.41, 5.74) is 2.69. The first-order chi connectivity index (χ1) is 15.9. The third-order valence-corrected chi connectivity index (χ3v) is 5.66. The zero-order valence-corrected chi connectivity index (χ0v) is 19.5. The normalized spacial score (nSPS) is 15.8. The van der Waals surface area contributed by atoms with Gasteiger partial charge in [0.25, 0.3) is 5.91 Å². The first-order valence-corrected chi connectivity index (χ1v) is 10.7. The maximum Gasteiger partial charge on any atom is 0.257 e. The molecule has 0 saturated carbocycles. The summed E-state index contributed by atoms with van der Waals surface area (Å²) in [6.45, 7) is 3.62. The molecule has 2 aromatic carbocycles. The number of hydrogen-bond donors (Lipinski definition) is 2. The molecular weight excluding hydrogens is 440 g/mol. The molecule has 1 aliphatic rings. The van der Waals surface area contributed by atoms with Crippen molar-refractivity contribution in [1.82, 2.24) is 10.5 Å². The molecule has 1 amide bonds. The van der Waals surface area contributed by atoms with E-state index in [1.54, 1.807) is 33.3 Å². The average molecular weight is 465 g/mol. The van der Waals surface area contributed by atoms with E-state index in [4.69, 9.17) is 26.2 Å². The number of rotatable bonds is 6. The standard InChI is InChI=1S/C24H24N4O4S/c1-14-13-19(27-32-14)25-23(29)20-15(2)28(16-9-6-5-7-10-16)24(33)26-21(20)17-11-8-12-18(30-3)22(17)31-4/h5-13,21H,1-4H3,(H,26,33)(H,25,27,29)/t21-/m1/s1. The maximum atomic E-state index is 13.6. The van der Waals surface area contributed by atoms with Crippen molar-refractivity contribution in [3.63, 3.8) is 0 Å². The van der Waals surface area contributed by atoms with Gasteiger partial charge >= 0.3 is 0 Å². The number of aryl methyl sites for hydroxylation is 1. The number of nitrogens with zero attached hydrogens (tertiary/aromatic N) is 2. The Hall–Kier alpha value is -3.85. The number of nitrogens with one attached hydrogen (secondary N) is 2. The molecule has 33 heavy (non-hydrogen) atoms. The molecule has 3 aromatic rings. The number of thiocarbonyl (C=S) groups is 1. The summed E-state index contributed by atoms with van der Waals surface area (Å²) in [6.07, 6.45) is 0. The van der Waals surface area contributed by atoms with E-state index in [2.05, 4.69) is 15.8 Å². The van der Waals surface area contributed by atoms with Gasteiger partial charge in [-0.3, -0.25) is 9.69 Å². The molecule has 0 bridgehead atoms. The van der Waals surface area contributed by atoms with E-state index in [0.717, 1.165) is 5.69 Å². The van der Waals surface area contributed by atoms with Gasteiger partial charge in [-0.25, -0.2) is 0 Å². The zero-order chi connectivity index (χ0) is 23.5. The van der Waals surface area contributed by atoms with Crippen molar-refractivity contribution in [2.45, 2.75) is 19.9 Å². The van der Waals surface area contributed by atoms with E-state index in [1.165, 1.54) is 0 Å². The predicted molar refractivity (Wildman–Crippen MR) is 130 cm³/mol. The van der Waals surface area contributed by atoms with Crippen LogP contribution in [0, 0.1) is 6.92 Å². The number of amides is 1. The summed E-state index contributed by atoms with van der Waals surface area (Å²) in [4.78, 5) is 15.4. The molecule has 0 unspecified atom stereocenters. The second-order valence-electron chi connectivity index (χ2n) is 7.41. The summed E-state index contributed by atoms with van der Waals surface area (Å²) < 4.78 is 16.2. The minimum Gasteiger partial charge on any atom is -0.493 e. The Morgan fingerprint density at radius 3 is 2.52 bits per heavy atom. The van der Waals surface area contributed by atoms with Gasteiger partial charge in [-0.2, -0.15) is 0 Å². The number of carbonyl (C=O) groups is 1. The molecule has 2 heterocycles. The lowest BCUT2D eigenvalue weighted by atomic mass is 9.93. The van der Waals surface area contributed by atoms with Gasteiger partial charge in [0.2, 0.25) is 0 Å². The van der Waals surface area contributed by atoms with Crippen LogP contribution in [0.15, 0.2) is 70.4 Å². The molecular formula is C24H24N4O4S. The van der Waals surface area contributed by atoms with Gasteiger partial charge in [0.1, 0.15) is 5.76 Å². The van der Waals surface area contributed by atoms with Crippen molar-refractivity contribution in [1.29, 1.82) is 0 Å². The quantitative estimate of drug-likeness (QED) is 0.521. The molecule has 0 radical (unpaired) electrons. The van der Waals surface area contributed by atoms with E-state index in [1.807, 2.05) is 54.3 Å². The number of para-hydroxylation sites is 2. The summed E-state index contributed by atoms with van der Waals surface area (Å²) in [5.74, 6) is 1.65. The van der Waals surface area contributed by atoms with Crippen LogP contribution in [0.4, 0.5) is 11.5 Å². The second-order valence-corrected chi connectivity index (χ2v) is 7.80. The molecule has 4 rings (SSSR count). The summed E-state index contributed by atoms with van der Waals surface area (Å²) in [7, 11) is 3.13. The Balaban J connectivity index is 1.86. The molecule has 0 saturated heterocycles. The van der Waals surface area contributed by atoms with Crippen LogP contribution in [0.25, 0.3) is 0 Å². The maximum absolute atomic E-state index is 13.6. The number of ether oxygens (including phenoxy) is 2. The van der Waals surface area contributed by atoms with Gasteiger partial charge in [-0.15, -0.1) is 0 Å². The fourth-order valence-electron chi connectivity index (χ4n) is 3.91. The van der Waals surface area contributed by atoms with Crippen LogP contribution in [-0.4, -0.2) is 30.4 Å². The van der Waals surface area contributed by atoms with Crippen molar-refractivity contribution >= 4 is 34.7 Å². The molecule has 0 aliphatic carbocycles. The number of hydrogen-bond acceptors (Lipinski definition) is 6. The van der Waals surface area contributed by atoms with Gasteiger partial charge in [-0.05, 0) is 44.3 Å². The van der Waals surface area contributed by atoms with Crippen molar-refractivity contribution in [3.8, 4) is 11.5 Å². The first-order valence-electron chi connectivity index (χ1n) is 10.3. The molecule has 0 fully saturated rings. The predicted octanol–water partition coefficient (Wildman–Crippen LogP) is 4.35. The van der Waals surface area contributed by atoms with E-state index in [9.17, 15) is 4.79 Å². The van der Waals surface area contributed by atoms with Crippen LogP contribution >= 0.6 is 12.2 Å². The van der Waals surface area contributed by atoms with E-state index < -0.39 is 6.04 Å². The lowest BCUT2D eigenvalue weighted by molar-refractivity contribution is -0.113. The summed E-state index contributed by atoms with van der Waals surface area (Å²) >= 11 is 5.73. The Morgan fingerprint density at radius 1 is 1.12 bits per heavy atom. The lowest BCUT2D eigenvalue weighted by Crippen LogP contribution is -2.48. The molecule has 1 aromatic heterocycles. The van der Waals surface area contributed by atoms with Crippen LogP contribution < -0.4 is 25.0 Å². The fourth-order valence-corrected chi connectivity index (χ4v) is 4.27. The van der Waals surface area contributed by atoms with E-state index >= 15 is 0 Å². The van der Waals surface area contributed by atoms with Crippen LogP contribution in [0.1, 0.15) is 24.3 Å². The van der Waals surface area contributed by atoms with Gasteiger partial charge in [-0.1, -0.05) is 35.5 Å². The van der Waals surface area contributed by atoms with E-state index in [-0.39, 0.29) is 5.91 Å². The SMILES string of the molecule is COc1cccc([C@H]2NC(=S)N(c3ccccc3)C(C)=C2C(=O)Nc2cc(C)on2)c1OC. The van der Waals surface area contributed by atoms with Gasteiger partial charge in [0.15, 0.2) is 22.4 Å². The topological polar surface area (TPSA) is 88.9 Å². The Kier molecular flexibility index (Phi) is 6.32. The lowest BCUT2D eigenvalue weighted by Gasteiger charge is -2.38. The number of anilines is 2. The second kappa shape index (κ2) is 9.33. The van der Waals surface area contributed by atoms with Crippen LogP contribution in [-0.2, 0) is 4.79 Å². The van der Waals surface area contributed by atoms with Crippen molar-refractivity contribution < 1.29 is 18.8 Å². The van der Waals surface area contributed by atoms with Crippen LogP contribution in [0.3, 0.4) is 0 Å². The van der Waals surface area contributed by atoms with Gasteiger partial charge in [0.05, 0.1) is 25.8 Å². The molecule has 2 N–H and O–H groups in total. The highest BCUT2D eigenvalue weighted by Gasteiger charge is 2.36. The minimum absolute atomic E-state index is 0.327. The van der Waals surface area contributed by atoms with Crippen molar-refractivity contribution in [2.24, 2.45) is 0 Å². The van der Waals surface area contributed by atoms with Gasteiger partial charge < -0.3 is 24.6 Å². The highest BCUT2D eigenvalue weighted by atomic mass is 32.1. The Labute approximate surface area is 197 Å². The van der Waals surface area contributed by atoms with Crippen molar-refractivity contribution in [3.05, 3.63) is 77.2 Å². The number of methoxy groups -OCH3 is 2. The van der Waals surface area contributed by atoms with Crippen LogP contribution in [0.2, 0.25) is 0 Å². The molecule has 1 atom stereocenters. The number of carbonyl (C=O) groups excluding carboxylic acids is 1. The highest BCUT2D eigenvalue weighted by molar-refractivity contribution is 7.80. The molecule has 0 spiro atoms. The first kappa shape index (κ1) is 22.3. The third-order valence-electron chi connectivity index (χ3n) is 5.36. The zero-order valence-electron chi connectivity index (χ0n) is 18.7. The highest BCUT2D eigenvalue weighted by Crippen LogP contribution is 2.41. The molecule has 8 nitrogen and oxygen atoms in total. The Morgan fingerprint density at radius 2 is 1.88 bits per heavy atom. The van der Waals surface area contributed by atoms with Gasteiger partial charge in [0, 0.05) is 23.0 Å².